The highest BCUT2D eigenvalue weighted by Crippen LogP contribution is 2.21. The molecule has 0 atom stereocenters. The summed E-state index contributed by atoms with van der Waals surface area (Å²) in [4.78, 5) is 36.5. The molecule has 28 heavy (non-hydrogen) atoms. The highest BCUT2D eigenvalue weighted by molar-refractivity contribution is 5.84. The first-order valence-corrected chi connectivity index (χ1v) is 8.70. The van der Waals surface area contributed by atoms with Gasteiger partial charge >= 0.3 is 5.69 Å². The van der Waals surface area contributed by atoms with Crippen LogP contribution < -0.4 is 5.32 Å². The predicted octanol–water partition coefficient (Wildman–Crippen LogP) is 1.71. The van der Waals surface area contributed by atoms with Gasteiger partial charge in [-0.25, -0.2) is 4.39 Å². The Hall–Kier alpha value is -3.30. The van der Waals surface area contributed by atoms with Crippen LogP contribution in [0.1, 0.15) is 23.9 Å². The van der Waals surface area contributed by atoms with E-state index in [1.165, 1.54) is 35.6 Å². The van der Waals surface area contributed by atoms with Gasteiger partial charge in [0.2, 0.25) is 11.8 Å². The number of nitro groups is 1. The third-order valence-electron chi connectivity index (χ3n) is 4.28. The number of amides is 2. The fourth-order valence-electron chi connectivity index (χ4n) is 2.74. The van der Waals surface area contributed by atoms with E-state index in [-0.39, 0.29) is 54.3 Å². The summed E-state index contributed by atoms with van der Waals surface area (Å²) in [6.07, 6.45) is 0. The minimum Gasteiger partial charge on any atom is -0.350 e. The molecule has 0 bridgehead atoms. The van der Waals surface area contributed by atoms with Crippen LogP contribution in [0.5, 0.6) is 0 Å². The summed E-state index contributed by atoms with van der Waals surface area (Å²) in [5.41, 5.74) is 1.13. The van der Waals surface area contributed by atoms with Crippen molar-refractivity contribution in [2.75, 3.05) is 13.1 Å². The average molecular weight is 391 g/mol. The van der Waals surface area contributed by atoms with Crippen LogP contribution in [0, 0.1) is 29.8 Å². The lowest BCUT2D eigenvalue weighted by molar-refractivity contribution is -0.386. The molecule has 2 aromatic rings. The molecular weight excluding hydrogens is 369 g/mol. The largest absolute Gasteiger partial charge is 0.350 e. The lowest BCUT2D eigenvalue weighted by atomic mass is 10.2. The Balaban J connectivity index is 1.95. The van der Waals surface area contributed by atoms with Crippen LogP contribution >= 0.6 is 0 Å². The van der Waals surface area contributed by atoms with Crippen molar-refractivity contribution in [1.82, 2.24) is 20.0 Å². The van der Waals surface area contributed by atoms with E-state index < -0.39 is 4.92 Å². The number of aromatic nitrogens is 2. The average Bonchev–Trinajstić information content (AvgIpc) is 2.92. The second kappa shape index (κ2) is 9.07. The van der Waals surface area contributed by atoms with Crippen molar-refractivity contribution in [2.24, 2.45) is 0 Å². The molecule has 0 unspecified atom stereocenters. The van der Waals surface area contributed by atoms with Gasteiger partial charge in [-0.2, -0.15) is 5.10 Å². The molecule has 1 N–H and O–H groups in total. The number of halogens is 1. The van der Waals surface area contributed by atoms with Crippen molar-refractivity contribution >= 4 is 17.5 Å². The van der Waals surface area contributed by atoms with Crippen LogP contribution in [0.4, 0.5) is 10.1 Å². The van der Waals surface area contributed by atoms with Crippen molar-refractivity contribution in [3.63, 3.8) is 0 Å². The molecule has 0 saturated carbocycles. The van der Waals surface area contributed by atoms with E-state index in [1.807, 2.05) is 0 Å². The zero-order valence-corrected chi connectivity index (χ0v) is 15.9. The quantitative estimate of drug-likeness (QED) is 0.544. The highest BCUT2D eigenvalue weighted by atomic mass is 19.1. The summed E-state index contributed by atoms with van der Waals surface area (Å²) in [5.74, 6) is -1.10. The Labute approximate surface area is 161 Å². The normalized spacial score (nSPS) is 10.6. The maximum absolute atomic E-state index is 12.9. The van der Waals surface area contributed by atoms with E-state index >= 15 is 0 Å². The van der Waals surface area contributed by atoms with E-state index in [1.54, 1.807) is 19.1 Å². The summed E-state index contributed by atoms with van der Waals surface area (Å²) in [6, 6.07) is 5.73. The van der Waals surface area contributed by atoms with Crippen molar-refractivity contribution < 1.29 is 18.9 Å². The molecule has 0 aliphatic heterocycles. The maximum Gasteiger partial charge on any atom is 0.312 e. The van der Waals surface area contributed by atoms with Crippen LogP contribution in [0.15, 0.2) is 24.3 Å². The fourth-order valence-corrected chi connectivity index (χ4v) is 2.74. The first-order valence-electron chi connectivity index (χ1n) is 8.70. The second-order valence-corrected chi connectivity index (χ2v) is 6.25. The lowest BCUT2D eigenvalue weighted by Gasteiger charge is -2.20. The van der Waals surface area contributed by atoms with E-state index in [9.17, 15) is 24.1 Å². The van der Waals surface area contributed by atoms with Crippen LogP contribution in [0.3, 0.4) is 0 Å². The summed E-state index contributed by atoms with van der Waals surface area (Å²) in [5, 5.41) is 17.8. The molecule has 2 rings (SSSR count). The van der Waals surface area contributed by atoms with Crippen LogP contribution in [-0.4, -0.2) is 44.5 Å². The first-order chi connectivity index (χ1) is 13.2. The summed E-state index contributed by atoms with van der Waals surface area (Å²) < 4.78 is 14.2. The minimum atomic E-state index is -0.529. The molecule has 0 radical (unpaired) electrons. The van der Waals surface area contributed by atoms with Crippen LogP contribution in [0.25, 0.3) is 0 Å². The molecule has 10 heteroatoms. The standard InChI is InChI=1S/C18H22FN5O4/c1-4-22(10-16(25)20-9-14-5-7-15(19)8-6-14)17(26)11-23-13(3)18(24(27)28)12(2)21-23/h5-8H,4,9-11H2,1-3H3,(H,20,25). The molecule has 1 aromatic carbocycles. The number of nitrogens with one attached hydrogen (secondary N) is 1. The van der Waals surface area contributed by atoms with Gasteiger partial charge < -0.3 is 10.2 Å². The molecule has 0 saturated heterocycles. The van der Waals surface area contributed by atoms with Gasteiger partial charge in [0, 0.05) is 13.1 Å². The highest BCUT2D eigenvalue weighted by Gasteiger charge is 2.24. The molecule has 1 heterocycles. The van der Waals surface area contributed by atoms with Crippen molar-refractivity contribution in [1.29, 1.82) is 0 Å². The maximum atomic E-state index is 12.9. The number of benzene rings is 1. The number of carbonyl (C=O) groups excluding carboxylic acids is 2. The van der Waals surface area contributed by atoms with E-state index in [4.69, 9.17) is 0 Å². The molecule has 9 nitrogen and oxygen atoms in total. The Bertz CT molecular complexity index is 879. The Kier molecular flexibility index (Phi) is 6.80. The van der Waals surface area contributed by atoms with Gasteiger partial charge in [0.05, 0.1) is 11.5 Å². The van der Waals surface area contributed by atoms with E-state index in [2.05, 4.69) is 10.4 Å². The zero-order chi connectivity index (χ0) is 20.8. The fraction of sp³-hybridized carbons (Fsp3) is 0.389. The molecular formula is C18H22FN5O4. The predicted molar refractivity (Wildman–Crippen MR) is 98.9 cm³/mol. The molecule has 0 spiro atoms. The molecule has 150 valence electrons. The van der Waals surface area contributed by atoms with Crippen LogP contribution in [0.2, 0.25) is 0 Å². The third-order valence-corrected chi connectivity index (χ3v) is 4.28. The summed E-state index contributed by atoms with van der Waals surface area (Å²) in [6.45, 7) is 4.93. The summed E-state index contributed by atoms with van der Waals surface area (Å²) in [7, 11) is 0. The number of nitrogens with zero attached hydrogens (tertiary/aromatic N) is 4. The molecule has 0 aliphatic rings. The number of hydrogen-bond donors (Lipinski definition) is 1. The molecule has 2 amide bonds. The Morgan fingerprint density at radius 3 is 2.46 bits per heavy atom. The number of hydrogen-bond acceptors (Lipinski definition) is 5. The molecule has 0 aliphatic carbocycles. The van der Waals surface area contributed by atoms with Gasteiger partial charge in [-0.15, -0.1) is 0 Å². The van der Waals surface area contributed by atoms with Crippen molar-refractivity contribution in [2.45, 2.75) is 33.9 Å². The monoisotopic (exact) mass is 391 g/mol. The number of rotatable bonds is 8. The van der Waals surface area contributed by atoms with Gasteiger partial charge in [0.15, 0.2) is 0 Å². The van der Waals surface area contributed by atoms with E-state index in [0.717, 1.165) is 5.56 Å². The Morgan fingerprint density at radius 2 is 1.93 bits per heavy atom. The number of likely N-dealkylation sites (N-methyl/N-ethyl adjacent to an activating group) is 1. The van der Waals surface area contributed by atoms with Crippen molar-refractivity contribution in [3.05, 3.63) is 57.1 Å². The Morgan fingerprint density at radius 1 is 1.29 bits per heavy atom. The topological polar surface area (TPSA) is 110 Å². The van der Waals surface area contributed by atoms with E-state index in [0.29, 0.717) is 6.54 Å². The summed E-state index contributed by atoms with van der Waals surface area (Å²) >= 11 is 0. The van der Waals surface area contributed by atoms with Crippen molar-refractivity contribution in [3.8, 4) is 0 Å². The zero-order valence-electron chi connectivity index (χ0n) is 15.9. The van der Waals surface area contributed by atoms with Crippen LogP contribution in [-0.2, 0) is 22.7 Å². The van der Waals surface area contributed by atoms with Gasteiger partial charge in [-0.3, -0.25) is 24.4 Å². The SMILES string of the molecule is CCN(CC(=O)NCc1ccc(F)cc1)C(=O)Cn1nc(C)c([N+](=O)[O-])c1C. The second-order valence-electron chi connectivity index (χ2n) is 6.25. The van der Waals surface area contributed by atoms with Gasteiger partial charge in [0.25, 0.3) is 0 Å². The molecule has 0 fully saturated rings. The first kappa shape index (κ1) is 21.0. The number of carbonyl (C=O) groups is 2. The minimum absolute atomic E-state index is 0.118. The molecule has 1 aromatic heterocycles. The van der Waals surface area contributed by atoms with Gasteiger partial charge in [0.1, 0.15) is 23.7 Å². The lowest BCUT2D eigenvalue weighted by Crippen LogP contribution is -2.42. The third kappa shape index (κ3) is 5.12. The van der Waals surface area contributed by atoms with Gasteiger partial charge in [-0.1, -0.05) is 12.1 Å². The number of aryl methyl sites for hydroxylation is 1. The smallest absolute Gasteiger partial charge is 0.312 e. The van der Waals surface area contributed by atoms with Gasteiger partial charge in [-0.05, 0) is 38.5 Å².